The molecule has 3 unspecified atom stereocenters. The van der Waals surface area contributed by atoms with E-state index in [1.807, 2.05) is 0 Å². The van der Waals surface area contributed by atoms with Gasteiger partial charge in [-0.1, -0.05) is 11.6 Å². The Morgan fingerprint density at radius 2 is 2.06 bits per heavy atom. The van der Waals surface area contributed by atoms with Crippen LogP contribution >= 0.6 is 11.6 Å². The van der Waals surface area contributed by atoms with Gasteiger partial charge in [0.15, 0.2) is 0 Å². The quantitative estimate of drug-likeness (QED) is 0.700. The van der Waals surface area contributed by atoms with E-state index in [1.165, 1.54) is 0 Å². The topological polar surface area (TPSA) is 104 Å². The second kappa shape index (κ2) is 7.35. The molecule has 4 aliphatic rings. The molecule has 2 aliphatic carbocycles. The van der Waals surface area contributed by atoms with Crippen LogP contribution in [0.4, 0.5) is 11.8 Å². The first-order valence-electron chi connectivity index (χ1n) is 11.0. The lowest BCUT2D eigenvalue weighted by molar-refractivity contribution is 0.143. The van der Waals surface area contributed by atoms with Gasteiger partial charge in [0.2, 0.25) is 5.95 Å². The Kier molecular flexibility index (Phi) is 4.70. The SMILES string of the molecule is O=[S@@]1CCc2nc(N3CC4CC3CC4c3ncc(Cl)cn3)nc(NC3(CO)CCC3)c21. The summed E-state index contributed by atoms with van der Waals surface area (Å²) in [7, 11) is -1.08. The average molecular weight is 461 g/mol. The van der Waals surface area contributed by atoms with Crippen molar-refractivity contribution in [3.63, 3.8) is 0 Å². The third kappa shape index (κ3) is 3.24. The van der Waals surface area contributed by atoms with Crippen LogP contribution in [0.5, 0.6) is 0 Å². The number of anilines is 2. The van der Waals surface area contributed by atoms with Crippen molar-refractivity contribution in [3.8, 4) is 0 Å². The average Bonchev–Trinajstić information content (AvgIpc) is 3.45. The molecule has 3 fully saturated rings. The first-order chi connectivity index (χ1) is 15.0. The Morgan fingerprint density at radius 1 is 1.26 bits per heavy atom. The summed E-state index contributed by atoms with van der Waals surface area (Å²) in [6, 6.07) is 0.350. The molecule has 2 aromatic heterocycles. The van der Waals surface area contributed by atoms with E-state index >= 15 is 0 Å². The van der Waals surface area contributed by atoms with Crippen molar-refractivity contribution in [1.29, 1.82) is 0 Å². The van der Waals surface area contributed by atoms with Crippen molar-refractivity contribution in [1.82, 2.24) is 19.9 Å². The molecule has 10 heteroatoms. The van der Waals surface area contributed by atoms with Gasteiger partial charge in [0.1, 0.15) is 16.5 Å². The fourth-order valence-electron chi connectivity index (χ4n) is 5.60. The van der Waals surface area contributed by atoms with Gasteiger partial charge in [-0.2, -0.15) is 4.98 Å². The summed E-state index contributed by atoms with van der Waals surface area (Å²) in [6.45, 7) is 0.929. The number of aliphatic hydroxyl groups excluding tert-OH is 1. The third-order valence-corrected chi connectivity index (χ3v) is 9.10. The highest BCUT2D eigenvalue weighted by Gasteiger charge is 2.48. The normalized spacial score (nSPS) is 30.3. The third-order valence-electron chi connectivity index (χ3n) is 7.44. The first kappa shape index (κ1) is 19.8. The smallest absolute Gasteiger partial charge is 0.227 e. The number of hydrogen-bond acceptors (Lipinski definition) is 8. The Morgan fingerprint density at radius 3 is 2.71 bits per heavy atom. The van der Waals surface area contributed by atoms with Crippen LogP contribution in [0.25, 0.3) is 0 Å². The number of hydrogen-bond donors (Lipinski definition) is 2. The molecule has 1 saturated heterocycles. The van der Waals surface area contributed by atoms with E-state index in [0.717, 1.165) is 61.0 Å². The fraction of sp³-hybridized carbons (Fsp3) is 0.619. The van der Waals surface area contributed by atoms with E-state index in [4.69, 9.17) is 21.6 Å². The zero-order valence-electron chi connectivity index (χ0n) is 17.1. The van der Waals surface area contributed by atoms with Gasteiger partial charge < -0.3 is 15.3 Å². The van der Waals surface area contributed by atoms with E-state index in [9.17, 15) is 9.32 Å². The van der Waals surface area contributed by atoms with Crippen molar-refractivity contribution in [2.24, 2.45) is 5.92 Å². The second-order valence-corrected chi connectivity index (χ2v) is 11.2. The van der Waals surface area contributed by atoms with Crippen molar-refractivity contribution in [2.45, 2.75) is 60.9 Å². The zero-order valence-corrected chi connectivity index (χ0v) is 18.7. The molecule has 2 bridgehead atoms. The van der Waals surface area contributed by atoms with Crippen LogP contribution in [-0.4, -0.2) is 59.7 Å². The Labute approximate surface area is 188 Å². The maximum atomic E-state index is 12.6. The van der Waals surface area contributed by atoms with Gasteiger partial charge >= 0.3 is 0 Å². The molecule has 0 aromatic carbocycles. The molecular weight excluding hydrogens is 436 g/mol. The van der Waals surface area contributed by atoms with Crippen LogP contribution < -0.4 is 10.2 Å². The minimum atomic E-state index is -1.08. The first-order valence-corrected chi connectivity index (χ1v) is 12.7. The van der Waals surface area contributed by atoms with Crippen LogP contribution in [0, 0.1) is 5.92 Å². The molecule has 8 nitrogen and oxygen atoms in total. The summed E-state index contributed by atoms with van der Waals surface area (Å²) in [5.41, 5.74) is 0.548. The predicted octanol–water partition coefficient (Wildman–Crippen LogP) is 2.29. The zero-order chi connectivity index (χ0) is 21.2. The van der Waals surface area contributed by atoms with E-state index < -0.39 is 10.8 Å². The van der Waals surface area contributed by atoms with Gasteiger partial charge in [-0.25, -0.2) is 15.0 Å². The van der Waals surface area contributed by atoms with Gasteiger partial charge in [0.25, 0.3) is 0 Å². The number of fused-ring (bicyclic) bond motifs is 3. The largest absolute Gasteiger partial charge is 0.394 e. The molecule has 6 rings (SSSR count). The molecule has 164 valence electrons. The van der Waals surface area contributed by atoms with Crippen molar-refractivity contribution in [2.75, 3.05) is 29.1 Å². The molecule has 2 aliphatic heterocycles. The van der Waals surface area contributed by atoms with E-state index in [0.29, 0.717) is 40.9 Å². The summed E-state index contributed by atoms with van der Waals surface area (Å²) in [4.78, 5) is 21.7. The summed E-state index contributed by atoms with van der Waals surface area (Å²) >= 11 is 5.95. The van der Waals surface area contributed by atoms with Gasteiger partial charge in [-0.3, -0.25) is 4.21 Å². The molecule has 4 atom stereocenters. The van der Waals surface area contributed by atoms with Crippen LogP contribution in [0.2, 0.25) is 5.02 Å². The van der Waals surface area contributed by atoms with Crippen LogP contribution in [0.1, 0.15) is 49.5 Å². The Hall–Kier alpha value is -1.84. The van der Waals surface area contributed by atoms with Gasteiger partial charge in [0.05, 0.1) is 33.7 Å². The van der Waals surface area contributed by atoms with Crippen molar-refractivity contribution in [3.05, 3.63) is 28.9 Å². The highest BCUT2D eigenvalue weighted by atomic mass is 35.5. The van der Waals surface area contributed by atoms with E-state index in [-0.39, 0.29) is 12.1 Å². The van der Waals surface area contributed by atoms with Crippen LogP contribution in [0.3, 0.4) is 0 Å². The summed E-state index contributed by atoms with van der Waals surface area (Å²) < 4.78 is 12.6. The maximum absolute atomic E-state index is 12.6. The number of aromatic nitrogens is 4. The van der Waals surface area contributed by atoms with Crippen molar-refractivity contribution < 1.29 is 9.32 Å². The molecule has 0 spiro atoms. The van der Waals surface area contributed by atoms with Gasteiger partial charge in [-0.15, -0.1) is 0 Å². The molecular formula is C21H25ClN6O2S. The molecule has 2 saturated carbocycles. The molecule has 4 heterocycles. The van der Waals surface area contributed by atoms with E-state index in [1.54, 1.807) is 12.4 Å². The lowest BCUT2D eigenvalue weighted by Gasteiger charge is -2.42. The summed E-state index contributed by atoms with van der Waals surface area (Å²) in [6.07, 6.45) is 9.00. The van der Waals surface area contributed by atoms with E-state index in [2.05, 4.69) is 20.2 Å². The number of nitrogens with zero attached hydrogens (tertiary/aromatic N) is 5. The number of halogens is 1. The summed E-state index contributed by atoms with van der Waals surface area (Å²) in [5.74, 6) is 3.64. The number of aryl methyl sites for hydroxylation is 1. The van der Waals surface area contributed by atoms with Gasteiger partial charge in [-0.05, 0) is 38.0 Å². The Balaban J connectivity index is 1.28. The van der Waals surface area contributed by atoms with Crippen molar-refractivity contribution >= 4 is 34.2 Å². The molecule has 0 radical (unpaired) electrons. The number of piperidine rings is 1. The van der Waals surface area contributed by atoms with Crippen LogP contribution in [0.15, 0.2) is 17.3 Å². The fourth-order valence-corrected chi connectivity index (χ4v) is 7.01. The standard InChI is InChI=1S/C21H25ClN6O2S/c22-13-8-23-18(24-9-13)15-7-14-6-12(15)10-28(14)20-25-16-2-5-31(30)17(16)19(26-20)27-21(11-29)3-1-4-21/h8-9,12,14-15,29H,1-7,10-11H2,(H,25,26,27)/t12?,14?,15?,31-/m1/s1. The molecule has 2 N–H and O–H groups in total. The molecule has 2 aromatic rings. The highest BCUT2D eigenvalue weighted by molar-refractivity contribution is 7.85. The predicted molar refractivity (Wildman–Crippen MR) is 118 cm³/mol. The minimum absolute atomic E-state index is 0.0604. The van der Waals surface area contributed by atoms with Gasteiger partial charge in [0, 0.05) is 43.1 Å². The monoisotopic (exact) mass is 460 g/mol. The number of rotatable bonds is 5. The highest BCUT2D eigenvalue weighted by Crippen LogP contribution is 2.48. The minimum Gasteiger partial charge on any atom is -0.394 e. The lowest BCUT2D eigenvalue weighted by Crippen LogP contribution is -2.49. The molecule has 0 amide bonds. The maximum Gasteiger partial charge on any atom is 0.227 e. The number of nitrogens with one attached hydrogen (secondary N) is 1. The number of aliphatic hydroxyl groups is 1. The summed E-state index contributed by atoms with van der Waals surface area (Å²) in [5, 5.41) is 13.9. The lowest BCUT2D eigenvalue weighted by atomic mass is 9.77. The van der Waals surface area contributed by atoms with Crippen LogP contribution in [-0.2, 0) is 17.2 Å². The molecule has 31 heavy (non-hydrogen) atoms. The Bertz CT molecular complexity index is 1040. The second-order valence-electron chi connectivity index (χ2n) is 9.27.